The molecule has 1 saturated heterocycles. The lowest BCUT2D eigenvalue weighted by atomic mass is 9.90. The molecule has 0 spiro atoms. The second-order valence-electron chi connectivity index (χ2n) is 5.22. The highest BCUT2D eigenvalue weighted by molar-refractivity contribution is 5.77. The highest BCUT2D eigenvalue weighted by Gasteiger charge is 2.43. The van der Waals surface area contributed by atoms with E-state index in [-0.39, 0.29) is 5.96 Å². The standard InChI is InChI=1S/C12H23N3O2/c1-17-7-4-10-8-11(10)9-2-5-15(6-3-9)12(13)14-16/h9-11,16H,2-8H2,1H3,(H2,13,14)/t10-,11-/m1/s1. The summed E-state index contributed by atoms with van der Waals surface area (Å²) in [6.45, 7) is 2.74. The summed E-state index contributed by atoms with van der Waals surface area (Å²) in [6.07, 6.45) is 4.92. The van der Waals surface area contributed by atoms with Gasteiger partial charge < -0.3 is 20.6 Å². The summed E-state index contributed by atoms with van der Waals surface area (Å²) in [5, 5.41) is 11.7. The molecule has 3 N–H and O–H groups in total. The molecule has 98 valence electrons. The van der Waals surface area contributed by atoms with Crippen molar-refractivity contribution in [1.82, 2.24) is 4.90 Å². The molecule has 5 heteroatoms. The quantitative estimate of drug-likeness (QED) is 0.334. The van der Waals surface area contributed by atoms with Gasteiger partial charge in [0.05, 0.1) is 0 Å². The van der Waals surface area contributed by atoms with Gasteiger partial charge in [0.2, 0.25) is 5.96 Å². The smallest absolute Gasteiger partial charge is 0.233 e. The molecule has 0 amide bonds. The Labute approximate surface area is 103 Å². The molecule has 1 aliphatic carbocycles. The van der Waals surface area contributed by atoms with Crippen LogP contribution < -0.4 is 5.73 Å². The maximum atomic E-state index is 8.62. The monoisotopic (exact) mass is 241 g/mol. The zero-order chi connectivity index (χ0) is 12.3. The van der Waals surface area contributed by atoms with Crippen molar-refractivity contribution in [3.8, 4) is 0 Å². The SMILES string of the molecule is COCC[C@@H]1C[C@@H]1C1CCN(/C(N)=N/O)CC1. The van der Waals surface area contributed by atoms with E-state index < -0.39 is 0 Å². The Balaban J connectivity index is 1.70. The van der Waals surface area contributed by atoms with Gasteiger partial charge >= 0.3 is 0 Å². The van der Waals surface area contributed by atoms with Crippen LogP contribution in [0.3, 0.4) is 0 Å². The number of hydrogen-bond donors (Lipinski definition) is 2. The highest BCUT2D eigenvalue weighted by Crippen LogP contribution is 2.49. The fourth-order valence-electron chi connectivity index (χ4n) is 3.07. The van der Waals surface area contributed by atoms with Gasteiger partial charge in [-0.2, -0.15) is 0 Å². The summed E-state index contributed by atoms with van der Waals surface area (Å²) in [7, 11) is 1.77. The van der Waals surface area contributed by atoms with Gasteiger partial charge in [-0.25, -0.2) is 0 Å². The van der Waals surface area contributed by atoms with E-state index in [4.69, 9.17) is 15.7 Å². The van der Waals surface area contributed by atoms with Gasteiger partial charge in [0.1, 0.15) is 0 Å². The number of piperidine rings is 1. The summed E-state index contributed by atoms with van der Waals surface area (Å²) < 4.78 is 5.12. The number of oxime groups is 1. The van der Waals surface area contributed by atoms with E-state index in [1.807, 2.05) is 4.90 Å². The van der Waals surface area contributed by atoms with Crippen LogP contribution in [0.5, 0.6) is 0 Å². The van der Waals surface area contributed by atoms with Crippen molar-refractivity contribution in [2.24, 2.45) is 28.6 Å². The number of nitrogens with zero attached hydrogens (tertiary/aromatic N) is 2. The number of likely N-dealkylation sites (tertiary alicyclic amines) is 1. The first-order valence-corrected chi connectivity index (χ1v) is 6.47. The third kappa shape index (κ3) is 3.03. The van der Waals surface area contributed by atoms with Crippen molar-refractivity contribution in [2.75, 3.05) is 26.8 Å². The van der Waals surface area contributed by atoms with Gasteiger partial charge in [-0.05, 0) is 43.4 Å². The van der Waals surface area contributed by atoms with Crippen LogP contribution in [0.4, 0.5) is 0 Å². The van der Waals surface area contributed by atoms with E-state index in [2.05, 4.69) is 5.16 Å². The summed E-state index contributed by atoms with van der Waals surface area (Å²) >= 11 is 0. The third-order valence-corrected chi connectivity index (χ3v) is 4.24. The molecule has 0 radical (unpaired) electrons. The van der Waals surface area contributed by atoms with Crippen molar-refractivity contribution < 1.29 is 9.94 Å². The van der Waals surface area contributed by atoms with Crippen molar-refractivity contribution in [2.45, 2.75) is 25.7 Å². The van der Waals surface area contributed by atoms with Crippen molar-refractivity contribution in [3.63, 3.8) is 0 Å². The molecule has 2 fully saturated rings. The highest BCUT2D eigenvalue weighted by atomic mass is 16.5. The molecule has 1 aliphatic heterocycles. The molecular weight excluding hydrogens is 218 g/mol. The molecule has 1 heterocycles. The Bertz CT molecular complexity index is 275. The molecule has 2 rings (SSSR count). The lowest BCUT2D eigenvalue weighted by molar-refractivity contribution is 0.181. The summed E-state index contributed by atoms with van der Waals surface area (Å²) in [5.41, 5.74) is 5.59. The molecule has 0 unspecified atom stereocenters. The number of rotatable bonds is 4. The molecular formula is C12H23N3O2. The number of nitrogens with two attached hydrogens (primary N) is 1. The Morgan fingerprint density at radius 3 is 2.76 bits per heavy atom. The van der Waals surface area contributed by atoms with Gasteiger partial charge in [-0.3, -0.25) is 0 Å². The van der Waals surface area contributed by atoms with Crippen LogP contribution >= 0.6 is 0 Å². The van der Waals surface area contributed by atoms with Crippen LogP contribution in [0, 0.1) is 17.8 Å². The fraction of sp³-hybridized carbons (Fsp3) is 0.917. The van der Waals surface area contributed by atoms with E-state index in [9.17, 15) is 0 Å². The first-order valence-electron chi connectivity index (χ1n) is 6.47. The van der Waals surface area contributed by atoms with Gasteiger partial charge in [0.15, 0.2) is 0 Å². The van der Waals surface area contributed by atoms with Crippen molar-refractivity contribution in [1.29, 1.82) is 0 Å². The van der Waals surface area contributed by atoms with E-state index in [1.54, 1.807) is 7.11 Å². The summed E-state index contributed by atoms with van der Waals surface area (Å²) in [4.78, 5) is 1.96. The fourth-order valence-corrected chi connectivity index (χ4v) is 3.07. The van der Waals surface area contributed by atoms with Crippen LogP contribution in [-0.2, 0) is 4.74 Å². The Morgan fingerprint density at radius 2 is 2.18 bits per heavy atom. The first kappa shape index (κ1) is 12.5. The van der Waals surface area contributed by atoms with Crippen LogP contribution in [0.1, 0.15) is 25.7 Å². The largest absolute Gasteiger partial charge is 0.408 e. The van der Waals surface area contributed by atoms with E-state index in [0.29, 0.717) is 0 Å². The average Bonchev–Trinajstić information content (AvgIpc) is 3.15. The van der Waals surface area contributed by atoms with E-state index in [1.165, 1.54) is 25.7 Å². The zero-order valence-corrected chi connectivity index (χ0v) is 10.5. The van der Waals surface area contributed by atoms with Crippen LogP contribution in [0.15, 0.2) is 5.16 Å². The van der Waals surface area contributed by atoms with Crippen LogP contribution in [-0.4, -0.2) is 42.9 Å². The maximum Gasteiger partial charge on any atom is 0.233 e. The molecule has 2 aliphatic rings. The van der Waals surface area contributed by atoms with Crippen LogP contribution in [0.2, 0.25) is 0 Å². The summed E-state index contributed by atoms with van der Waals surface area (Å²) in [6, 6.07) is 0. The number of ether oxygens (including phenoxy) is 1. The number of methoxy groups -OCH3 is 1. The minimum Gasteiger partial charge on any atom is -0.408 e. The van der Waals surface area contributed by atoms with Gasteiger partial charge in [0.25, 0.3) is 0 Å². The normalized spacial score (nSPS) is 30.6. The Morgan fingerprint density at radius 1 is 1.47 bits per heavy atom. The molecule has 17 heavy (non-hydrogen) atoms. The second kappa shape index (κ2) is 5.58. The molecule has 0 aromatic rings. The lowest BCUT2D eigenvalue weighted by Crippen LogP contribution is -2.43. The first-order chi connectivity index (χ1) is 8.26. The van der Waals surface area contributed by atoms with Gasteiger partial charge in [-0.1, -0.05) is 5.16 Å². The molecule has 0 bridgehead atoms. The number of guanidine groups is 1. The van der Waals surface area contributed by atoms with E-state index in [0.717, 1.165) is 37.5 Å². The molecule has 0 aromatic carbocycles. The molecule has 1 saturated carbocycles. The van der Waals surface area contributed by atoms with Crippen molar-refractivity contribution >= 4 is 5.96 Å². The predicted molar refractivity (Wildman–Crippen MR) is 65.8 cm³/mol. The minimum atomic E-state index is 0.259. The Hall–Kier alpha value is -0.970. The third-order valence-electron chi connectivity index (χ3n) is 4.24. The average molecular weight is 241 g/mol. The van der Waals surface area contributed by atoms with Gasteiger partial charge in [-0.15, -0.1) is 0 Å². The zero-order valence-electron chi connectivity index (χ0n) is 10.5. The van der Waals surface area contributed by atoms with Gasteiger partial charge in [0, 0.05) is 26.8 Å². The molecule has 2 atom stereocenters. The topological polar surface area (TPSA) is 71.1 Å². The minimum absolute atomic E-state index is 0.259. The van der Waals surface area contributed by atoms with E-state index >= 15 is 0 Å². The molecule has 0 aromatic heterocycles. The Kier molecular flexibility index (Phi) is 4.10. The number of hydrogen-bond acceptors (Lipinski definition) is 3. The summed E-state index contributed by atoms with van der Waals surface area (Å²) in [5.74, 6) is 2.88. The molecule has 5 nitrogen and oxygen atoms in total. The maximum absolute atomic E-state index is 8.62. The predicted octanol–water partition coefficient (Wildman–Crippen LogP) is 1.07. The van der Waals surface area contributed by atoms with Crippen molar-refractivity contribution in [3.05, 3.63) is 0 Å². The van der Waals surface area contributed by atoms with Crippen LogP contribution in [0.25, 0.3) is 0 Å². The second-order valence-corrected chi connectivity index (χ2v) is 5.22. The lowest BCUT2D eigenvalue weighted by Gasteiger charge is -2.32.